The molecule has 0 spiro atoms. The van der Waals surface area contributed by atoms with Crippen molar-refractivity contribution in [2.45, 2.75) is 13.8 Å². The molecule has 1 aromatic heterocycles. The summed E-state index contributed by atoms with van der Waals surface area (Å²) in [6.07, 6.45) is 0. The summed E-state index contributed by atoms with van der Waals surface area (Å²) in [5.41, 5.74) is 3.02. The lowest BCUT2D eigenvalue weighted by Gasteiger charge is -2.12. The maximum Gasteiger partial charge on any atom is 0.243 e. The van der Waals surface area contributed by atoms with Crippen molar-refractivity contribution in [2.75, 3.05) is 27.8 Å². The molecule has 178 valence electrons. The molecule has 1 heterocycles. The summed E-state index contributed by atoms with van der Waals surface area (Å²) in [5, 5.41) is 11.2. The number of aryl methyl sites for hydroxylation is 2. The van der Waals surface area contributed by atoms with E-state index in [-0.39, 0.29) is 41.7 Å². The summed E-state index contributed by atoms with van der Waals surface area (Å²) >= 11 is 0. The van der Waals surface area contributed by atoms with Gasteiger partial charge in [-0.3, -0.25) is 4.79 Å². The largest absolute Gasteiger partial charge is 0.345 e. The fourth-order valence-electron chi connectivity index (χ4n) is 3.34. The molecule has 4 aromatic rings. The van der Waals surface area contributed by atoms with Crippen LogP contribution >= 0.6 is 0 Å². The predicted octanol–water partition coefficient (Wildman–Crippen LogP) is 5.30. The fourth-order valence-corrected chi connectivity index (χ4v) is 3.34. The van der Waals surface area contributed by atoms with Gasteiger partial charge in [-0.05, 0) is 61.4 Å². The number of hydrogen-bond donors (Lipinski definition) is 4. The van der Waals surface area contributed by atoms with E-state index in [0.717, 1.165) is 11.1 Å². The number of amides is 1. The lowest BCUT2D eigenvalue weighted by atomic mass is 10.1. The smallest absolute Gasteiger partial charge is 0.243 e. The van der Waals surface area contributed by atoms with E-state index in [9.17, 15) is 13.6 Å². The van der Waals surface area contributed by atoms with Crippen molar-refractivity contribution in [3.8, 4) is 0 Å². The molecule has 0 aliphatic carbocycles. The number of para-hydroxylation sites is 2. The summed E-state index contributed by atoms with van der Waals surface area (Å²) < 4.78 is 28.3. The molecule has 0 saturated heterocycles. The normalized spacial score (nSPS) is 10.5. The van der Waals surface area contributed by atoms with Crippen LogP contribution < -0.4 is 21.3 Å². The minimum Gasteiger partial charge on any atom is -0.345 e. The molecule has 0 aliphatic rings. The molecule has 0 bridgehead atoms. The van der Waals surface area contributed by atoms with Gasteiger partial charge in [-0.15, -0.1) is 0 Å². The number of carbonyl (C=O) groups excluding carboxylic acids is 1. The van der Waals surface area contributed by atoms with Crippen LogP contribution in [0.3, 0.4) is 0 Å². The van der Waals surface area contributed by atoms with E-state index < -0.39 is 11.6 Å². The van der Waals surface area contributed by atoms with Gasteiger partial charge in [-0.1, -0.05) is 30.3 Å². The van der Waals surface area contributed by atoms with E-state index in [0.29, 0.717) is 5.69 Å². The summed E-state index contributed by atoms with van der Waals surface area (Å²) in [6, 6.07) is 17.8. The van der Waals surface area contributed by atoms with Crippen molar-refractivity contribution in [1.82, 2.24) is 15.0 Å². The number of nitrogens with one attached hydrogen (secondary N) is 4. The van der Waals surface area contributed by atoms with Crippen LogP contribution in [0.2, 0.25) is 0 Å². The van der Waals surface area contributed by atoms with Crippen molar-refractivity contribution in [2.24, 2.45) is 0 Å². The van der Waals surface area contributed by atoms with Crippen LogP contribution in [-0.2, 0) is 4.79 Å². The Morgan fingerprint density at radius 1 is 0.743 bits per heavy atom. The molecule has 3 aromatic carbocycles. The molecular weight excluding hydrogens is 452 g/mol. The topological polar surface area (TPSA) is 104 Å². The Morgan fingerprint density at radius 3 is 1.74 bits per heavy atom. The highest BCUT2D eigenvalue weighted by Crippen LogP contribution is 2.22. The predicted molar refractivity (Wildman–Crippen MR) is 132 cm³/mol. The van der Waals surface area contributed by atoms with E-state index in [4.69, 9.17) is 0 Å². The van der Waals surface area contributed by atoms with Crippen LogP contribution in [0.25, 0.3) is 0 Å². The number of benzene rings is 3. The zero-order chi connectivity index (χ0) is 24.8. The van der Waals surface area contributed by atoms with Gasteiger partial charge in [0.1, 0.15) is 11.6 Å². The average molecular weight is 476 g/mol. The van der Waals surface area contributed by atoms with Gasteiger partial charge in [0.05, 0.1) is 17.9 Å². The number of nitrogens with zero attached hydrogens (tertiary/aromatic N) is 3. The molecule has 0 saturated carbocycles. The number of hydrogen-bond acceptors (Lipinski definition) is 7. The van der Waals surface area contributed by atoms with E-state index in [1.54, 1.807) is 24.3 Å². The van der Waals surface area contributed by atoms with Gasteiger partial charge in [0.2, 0.25) is 23.8 Å². The highest BCUT2D eigenvalue weighted by Gasteiger charge is 2.12. The second kappa shape index (κ2) is 10.6. The Hall–Kier alpha value is -4.60. The maximum absolute atomic E-state index is 14.1. The Morgan fingerprint density at radius 2 is 1.23 bits per heavy atom. The molecule has 0 fully saturated rings. The van der Waals surface area contributed by atoms with Crippen molar-refractivity contribution in [3.63, 3.8) is 0 Å². The molecule has 4 N–H and O–H groups in total. The third-order valence-corrected chi connectivity index (χ3v) is 4.79. The first kappa shape index (κ1) is 23.6. The van der Waals surface area contributed by atoms with Gasteiger partial charge in [0, 0.05) is 5.69 Å². The third-order valence-electron chi connectivity index (χ3n) is 4.79. The molecule has 0 atom stereocenters. The molecule has 10 heteroatoms. The van der Waals surface area contributed by atoms with Crippen molar-refractivity contribution in [1.29, 1.82) is 0 Å². The Balaban J connectivity index is 1.54. The maximum atomic E-state index is 14.1. The highest BCUT2D eigenvalue weighted by atomic mass is 19.1. The third kappa shape index (κ3) is 6.47. The van der Waals surface area contributed by atoms with Crippen LogP contribution in [0.5, 0.6) is 0 Å². The van der Waals surface area contributed by atoms with Crippen LogP contribution in [0, 0.1) is 25.5 Å². The first-order valence-electron chi connectivity index (χ1n) is 10.8. The lowest BCUT2D eigenvalue weighted by Crippen LogP contribution is -2.23. The second-order valence-corrected chi connectivity index (χ2v) is 7.79. The Labute approximate surface area is 200 Å². The molecule has 0 aliphatic heterocycles. The summed E-state index contributed by atoms with van der Waals surface area (Å²) in [6.45, 7) is 3.75. The van der Waals surface area contributed by atoms with Crippen LogP contribution in [0.4, 0.5) is 43.7 Å². The van der Waals surface area contributed by atoms with Crippen LogP contribution in [0.15, 0.2) is 66.7 Å². The molecule has 0 radical (unpaired) electrons. The van der Waals surface area contributed by atoms with E-state index in [2.05, 4.69) is 36.2 Å². The first-order valence-corrected chi connectivity index (χ1v) is 10.8. The zero-order valence-electron chi connectivity index (χ0n) is 19.1. The quantitative estimate of drug-likeness (QED) is 0.274. The number of halogens is 2. The SMILES string of the molecule is Cc1cc(C)cc(NC(=O)CNc2nc(Nc3ccccc3F)nc(Nc3ccccc3F)n2)c1. The van der Waals surface area contributed by atoms with Crippen molar-refractivity contribution in [3.05, 3.63) is 89.5 Å². The minimum absolute atomic E-state index is 0.00107. The Bertz CT molecular complexity index is 1280. The lowest BCUT2D eigenvalue weighted by molar-refractivity contribution is -0.114. The highest BCUT2D eigenvalue weighted by molar-refractivity contribution is 5.93. The summed E-state index contributed by atoms with van der Waals surface area (Å²) in [7, 11) is 0. The van der Waals surface area contributed by atoms with Crippen molar-refractivity contribution < 1.29 is 13.6 Å². The molecule has 4 rings (SSSR count). The van der Waals surface area contributed by atoms with Crippen LogP contribution in [0.1, 0.15) is 11.1 Å². The monoisotopic (exact) mass is 475 g/mol. The average Bonchev–Trinajstić information content (AvgIpc) is 2.80. The zero-order valence-corrected chi connectivity index (χ0v) is 19.1. The number of carbonyl (C=O) groups is 1. The van der Waals surface area contributed by atoms with Gasteiger partial charge in [-0.2, -0.15) is 15.0 Å². The standard InChI is InChI=1S/C25H23F2N7O/c1-15-11-16(2)13-17(12-15)29-22(35)14-28-23-32-24(30-20-9-5-3-7-18(20)26)34-25(33-23)31-21-10-6-4-8-19(21)27/h3-13H,14H2,1-2H3,(H,29,35)(H3,28,30,31,32,33,34). The van der Waals surface area contributed by atoms with Crippen LogP contribution in [-0.4, -0.2) is 27.4 Å². The molecule has 0 unspecified atom stereocenters. The Kier molecular flexibility index (Phi) is 7.10. The van der Waals surface area contributed by atoms with E-state index in [1.807, 2.05) is 32.0 Å². The fraction of sp³-hybridized carbons (Fsp3) is 0.120. The van der Waals surface area contributed by atoms with Gasteiger partial charge < -0.3 is 21.3 Å². The molecule has 35 heavy (non-hydrogen) atoms. The van der Waals surface area contributed by atoms with E-state index >= 15 is 0 Å². The van der Waals surface area contributed by atoms with Gasteiger partial charge >= 0.3 is 0 Å². The number of anilines is 6. The summed E-state index contributed by atoms with van der Waals surface area (Å²) in [4.78, 5) is 25.1. The van der Waals surface area contributed by atoms with Crippen molar-refractivity contribution >= 4 is 40.8 Å². The second-order valence-electron chi connectivity index (χ2n) is 7.79. The van der Waals surface area contributed by atoms with Gasteiger partial charge in [0.25, 0.3) is 0 Å². The minimum atomic E-state index is -0.501. The molecule has 8 nitrogen and oxygen atoms in total. The van der Waals surface area contributed by atoms with Gasteiger partial charge in [0.15, 0.2) is 0 Å². The molecule has 1 amide bonds. The number of aromatic nitrogens is 3. The number of rotatable bonds is 8. The first-order chi connectivity index (χ1) is 16.9. The van der Waals surface area contributed by atoms with Gasteiger partial charge in [-0.25, -0.2) is 8.78 Å². The van der Waals surface area contributed by atoms with E-state index in [1.165, 1.54) is 24.3 Å². The molecular formula is C25H23F2N7O. The summed E-state index contributed by atoms with van der Waals surface area (Å²) in [5.74, 6) is -1.28.